The Labute approximate surface area is 180 Å². The molecule has 3 atom stereocenters. The Morgan fingerprint density at radius 3 is 2.06 bits per heavy atom. The van der Waals surface area contributed by atoms with Gasteiger partial charge in [0.05, 0.1) is 35.1 Å². The van der Waals surface area contributed by atoms with E-state index in [2.05, 4.69) is 106 Å². The molecule has 5 heterocycles. The number of rotatable bonds is 0. The van der Waals surface area contributed by atoms with Gasteiger partial charge in [-0.05, 0) is 47.1 Å². The highest BCUT2D eigenvalue weighted by Gasteiger charge is 2.28. The Morgan fingerprint density at radius 1 is 0.677 bits per heavy atom. The first-order valence-corrected chi connectivity index (χ1v) is 10.7. The van der Waals surface area contributed by atoms with E-state index >= 15 is 0 Å². The van der Waals surface area contributed by atoms with Crippen LogP contribution in [0.3, 0.4) is 0 Å². The van der Waals surface area contributed by atoms with Crippen LogP contribution in [0.4, 0.5) is 22.7 Å². The number of anilines is 4. The number of aliphatic imine (C=N–C) groups is 1. The Hall–Kier alpha value is -3.77. The molecule has 0 saturated heterocycles. The van der Waals surface area contributed by atoms with Gasteiger partial charge in [-0.1, -0.05) is 42.5 Å². The Morgan fingerprint density at radius 2 is 1.29 bits per heavy atom. The van der Waals surface area contributed by atoms with Crippen molar-refractivity contribution in [3.8, 4) is 0 Å². The molecule has 7 rings (SSSR count). The zero-order valence-corrected chi connectivity index (χ0v) is 17.1. The largest absolute Gasteiger partial charge is 0.364 e. The lowest BCUT2D eigenvalue weighted by Gasteiger charge is -2.36. The van der Waals surface area contributed by atoms with Gasteiger partial charge in [-0.25, -0.2) is 4.99 Å². The summed E-state index contributed by atoms with van der Waals surface area (Å²) in [6, 6.07) is 8.67. The van der Waals surface area contributed by atoms with Crippen molar-refractivity contribution < 1.29 is 0 Å². The van der Waals surface area contributed by atoms with Crippen LogP contribution in [0.25, 0.3) is 24.3 Å². The van der Waals surface area contributed by atoms with E-state index in [0.717, 1.165) is 28.6 Å². The molecule has 6 heteroatoms. The lowest BCUT2D eigenvalue weighted by molar-refractivity contribution is 0.602. The molecule has 0 amide bonds. The molecule has 0 spiro atoms. The summed E-state index contributed by atoms with van der Waals surface area (Å²) >= 11 is 0. The van der Waals surface area contributed by atoms with Gasteiger partial charge in [-0.3, -0.25) is 5.32 Å². The summed E-state index contributed by atoms with van der Waals surface area (Å²) in [5, 5.41) is 14.7. The second-order valence-electron chi connectivity index (χ2n) is 8.42. The molecule has 3 unspecified atom stereocenters. The van der Waals surface area contributed by atoms with Crippen LogP contribution >= 0.6 is 0 Å². The van der Waals surface area contributed by atoms with E-state index in [1.54, 1.807) is 0 Å². The predicted octanol–water partition coefficient (Wildman–Crippen LogP) is 4.15. The summed E-state index contributed by atoms with van der Waals surface area (Å²) in [5.74, 6) is 0.931. The zero-order chi connectivity index (χ0) is 20.5. The fraction of sp³-hybridized carbons (Fsp3) is 0.160. The number of hydrogen-bond donors (Lipinski definition) is 4. The summed E-state index contributed by atoms with van der Waals surface area (Å²) in [6.07, 6.45) is 17.1. The second-order valence-corrected chi connectivity index (χ2v) is 8.42. The smallest absolute Gasteiger partial charge is 0.140 e. The van der Waals surface area contributed by atoms with E-state index < -0.39 is 0 Å². The SMILES string of the molecule is CN1/C2=N\C3C=Cc4ccc5c(c4N3)NC(C=C5)NC3C=Cc4ccc(c1c4N3)C=C2. The first-order valence-electron chi connectivity index (χ1n) is 10.7. The summed E-state index contributed by atoms with van der Waals surface area (Å²) in [4.78, 5) is 7.24. The maximum Gasteiger partial charge on any atom is 0.140 e. The van der Waals surface area contributed by atoms with Gasteiger partial charge in [0, 0.05) is 12.6 Å². The van der Waals surface area contributed by atoms with Gasteiger partial charge < -0.3 is 20.9 Å². The van der Waals surface area contributed by atoms with E-state index in [0.29, 0.717) is 0 Å². The normalized spacial score (nSPS) is 27.2. The molecule has 0 aromatic heterocycles. The molecule has 31 heavy (non-hydrogen) atoms. The third-order valence-corrected chi connectivity index (χ3v) is 6.52. The molecule has 8 bridgehead atoms. The van der Waals surface area contributed by atoms with Crippen molar-refractivity contribution >= 4 is 52.9 Å². The maximum atomic E-state index is 5.05. The number of likely N-dealkylation sites (N-methyl/N-ethyl adjacent to an activating group) is 1. The molecule has 2 aromatic carbocycles. The quantitative estimate of drug-likeness (QED) is 0.530. The Bertz CT molecular complexity index is 1280. The van der Waals surface area contributed by atoms with Crippen molar-refractivity contribution in [2.24, 2.45) is 4.99 Å². The average Bonchev–Trinajstić information content (AvgIpc) is 2.80. The fourth-order valence-corrected chi connectivity index (χ4v) is 4.96. The molecule has 5 aliphatic rings. The summed E-state index contributed by atoms with van der Waals surface area (Å²) in [5.41, 5.74) is 9.22. The number of nitrogens with one attached hydrogen (secondary N) is 4. The van der Waals surface area contributed by atoms with Gasteiger partial charge in [-0.15, -0.1) is 0 Å². The highest BCUT2D eigenvalue weighted by atomic mass is 15.3. The average molecular weight is 406 g/mol. The van der Waals surface area contributed by atoms with Gasteiger partial charge in [0.15, 0.2) is 0 Å². The summed E-state index contributed by atoms with van der Waals surface area (Å²) in [6.45, 7) is 0. The highest BCUT2D eigenvalue weighted by Crippen LogP contribution is 2.41. The molecule has 0 fully saturated rings. The van der Waals surface area contributed by atoms with Crippen LogP contribution in [0.15, 0.2) is 53.6 Å². The standard InChI is InChI=1S/C25H22N6/c1-31-21-13-9-17-5-4-16-8-11-19(30-24(16)25(17)31)26-18-10-6-14-2-3-15-7-12-20(27-21)29-23(15)22(14)28-18/h2-13,18-20,26,28-30H,1H3/b27-21-. The van der Waals surface area contributed by atoms with Crippen molar-refractivity contribution in [1.82, 2.24) is 5.32 Å². The number of benzene rings is 2. The van der Waals surface area contributed by atoms with Crippen molar-refractivity contribution in [3.63, 3.8) is 0 Å². The van der Waals surface area contributed by atoms with Crippen molar-refractivity contribution in [2.45, 2.75) is 18.5 Å². The van der Waals surface area contributed by atoms with Crippen LogP contribution in [0.2, 0.25) is 0 Å². The second kappa shape index (κ2) is 6.12. The van der Waals surface area contributed by atoms with Crippen LogP contribution in [0.5, 0.6) is 0 Å². The van der Waals surface area contributed by atoms with Crippen LogP contribution in [0, 0.1) is 0 Å². The van der Waals surface area contributed by atoms with E-state index in [4.69, 9.17) is 4.99 Å². The van der Waals surface area contributed by atoms with Gasteiger partial charge in [0.25, 0.3) is 0 Å². The van der Waals surface area contributed by atoms with Gasteiger partial charge in [0.1, 0.15) is 12.0 Å². The molecule has 0 aliphatic carbocycles. The molecule has 0 radical (unpaired) electrons. The third-order valence-electron chi connectivity index (χ3n) is 6.52. The lowest BCUT2D eigenvalue weighted by atomic mass is 9.98. The van der Waals surface area contributed by atoms with Gasteiger partial charge in [-0.2, -0.15) is 0 Å². The van der Waals surface area contributed by atoms with Crippen molar-refractivity contribution in [3.05, 3.63) is 70.8 Å². The minimum absolute atomic E-state index is 0.00507. The Kier molecular flexibility index (Phi) is 3.35. The van der Waals surface area contributed by atoms with E-state index in [-0.39, 0.29) is 18.5 Å². The first kappa shape index (κ1) is 17.0. The van der Waals surface area contributed by atoms with Gasteiger partial charge >= 0.3 is 0 Å². The summed E-state index contributed by atoms with van der Waals surface area (Å²) < 4.78 is 0. The minimum atomic E-state index is -0.134. The number of nitrogens with zero attached hydrogens (tertiary/aromatic N) is 2. The Balaban J connectivity index is 1.43. The van der Waals surface area contributed by atoms with Crippen molar-refractivity contribution in [1.29, 1.82) is 0 Å². The lowest BCUT2D eigenvalue weighted by Crippen LogP contribution is -2.47. The molecule has 6 nitrogen and oxygen atoms in total. The maximum absolute atomic E-state index is 5.05. The third kappa shape index (κ3) is 2.52. The number of fused-ring (bicyclic) bond motifs is 4. The molecule has 5 aliphatic heterocycles. The monoisotopic (exact) mass is 406 g/mol. The van der Waals surface area contributed by atoms with Crippen LogP contribution in [-0.4, -0.2) is 31.4 Å². The van der Waals surface area contributed by atoms with Crippen LogP contribution < -0.4 is 26.2 Å². The molecule has 4 N–H and O–H groups in total. The van der Waals surface area contributed by atoms with Crippen molar-refractivity contribution in [2.75, 3.05) is 27.9 Å². The predicted molar refractivity (Wildman–Crippen MR) is 130 cm³/mol. The van der Waals surface area contributed by atoms with E-state index in [1.165, 1.54) is 22.3 Å². The molecule has 2 aromatic rings. The molecule has 0 saturated carbocycles. The fourth-order valence-electron chi connectivity index (χ4n) is 4.96. The van der Waals surface area contributed by atoms with E-state index in [1.807, 2.05) is 0 Å². The minimum Gasteiger partial charge on any atom is -0.364 e. The van der Waals surface area contributed by atoms with Crippen LogP contribution in [0.1, 0.15) is 22.3 Å². The number of amidine groups is 1. The molecular formula is C25H22N6. The topological polar surface area (TPSA) is 63.7 Å². The molecular weight excluding hydrogens is 384 g/mol. The van der Waals surface area contributed by atoms with Crippen LogP contribution in [-0.2, 0) is 0 Å². The summed E-state index contributed by atoms with van der Waals surface area (Å²) in [7, 11) is 2.09. The first-order chi connectivity index (χ1) is 15.2. The van der Waals surface area contributed by atoms with E-state index in [9.17, 15) is 0 Å². The zero-order valence-electron chi connectivity index (χ0n) is 17.1. The molecule has 152 valence electrons. The number of hydrogen-bond acceptors (Lipinski definition) is 6. The highest BCUT2D eigenvalue weighted by molar-refractivity contribution is 6.14. The van der Waals surface area contributed by atoms with Gasteiger partial charge in [0.2, 0.25) is 0 Å².